The van der Waals surface area contributed by atoms with Gasteiger partial charge in [0.05, 0.1) is 6.04 Å². The summed E-state index contributed by atoms with van der Waals surface area (Å²) >= 11 is 0. The number of benzene rings is 1. The fourth-order valence-electron chi connectivity index (χ4n) is 1.36. The van der Waals surface area contributed by atoms with Crippen LogP contribution in [0.25, 0.3) is 0 Å². The second kappa shape index (κ2) is 2.77. The largest absolute Gasteiger partial charge is 0.491 e. The Hall–Kier alpha value is -1.06. The molecule has 0 saturated heterocycles. The van der Waals surface area contributed by atoms with Crippen LogP contribution in [0.1, 0.15) is 11.7 Å². The van der Waals surface area contributed by atoms with Crippen LogP contribution in [0, 0.1) is 0 Å². The third-order valence-electron chi connectivity index (χ3n) is 2.07. The van der Waals surface area contributed by atoms with Crippen molar-refractivity contribution in [3.05, 3.63) is 29.8 Å². The molecule has 0 aliphatic carbocycles. The van der Waals surface area contributed by atoms with Crippen molar-refractivity contribution in [1.82, 2.24) is 0 Å². The number of hydrogen-bond acceptors (Lipinski definition) is 3. The summed E-state index contributed by atoms with van der Waals surface area (Å²) in [4.78, 5) is 0. The summed E-state index contributed by atoms with van der Waals surface area (Å²) < 4.78 is 5.32. The maximum absolute atomic E-state index is 9.62. The van der Waals surface area contributed by atoms with Gasteiger partial charge in [-0.1, -0.05) is 18.2 Å². The van der Waals surface area contributed by atoms with E-state index in [1.54, 1.807) is 0 Å². The van der Waals surface area contributed by atoms with E-state index in [-0.39, 0.29) is 6.04 Å². The third kappa shape index (κ3) is 1.07. The Bertz CT molecular complexity index is 288. The van der Waals surface area contributed by atoms with Crippen LogP contribution in [-0.4, -0.2) is 17.8 Å². The van der Waals surface area contributed by atoms with Crippen molar-refractivity contribution < 1.29 is 9.84 Å². The van der Waals surface area contributed by atoms with Gasteiger partial charge in [0.2, 0.25) is 0 Å². The van der Waals surface area contributed by atoms with Crippen LogP contribution in [0.2, 0.25) is 0 Å². The first-order valence-electron chi connectivity index (χ1n) is 3.94. The molecule has 3 nitrogen and oxygen atoms in total. The van der Waals surface area contributed by atoms with Gasteiger partial charge < -0.3 is 15.6 Å². The zero-order valence-corrected chi connectivity index (χ0v) is 6.60. The lowest BCUT2D eigenvalue weighted by molar-refractivity contribution is 0.0916. The topological polar surface area (TPSA) is 55.5 Å². The van der Waals surface area contributed by atoms with Crippen molar-refractivity contribution in [3.63, 3.8) is 0 Å². The predicted molar refractivity (Wildman–Crippen MR) is 44.9 cm³/mol. The van der Waals surface area contributed by atoms with Gasteiger partial charge in [-0.05, 0) is 6.07 Å². The van der Waals surface area contributed by atoms with Gasteiger partial charge in [0.1, 0.15) is 18.5 Å². The van der Waals surface area contributed by atoms with Crippen LogP contribution in [0.3, 0.4) is 0 Å². The molecule has 12 heavy (non-hydrogen) atoms. The van der Waals surface area contributed by atoms with Gasteiger partial charge in [0.15, 0.2) is 0 Å². The minimum atomic E-state index is -0.588. The van der Waals surface area contributed by atoms with Crippen LogP contribution in [0.5, 0.6) is 5.75 Å². The lowest BCUT2D eigenvalue weighted by atomic mass is 10.0. The Morgan fingerprint density at radius 2 is 2.17 bits per heavy atom. The highest BCUT2D eigenvalue weighted by Gasteiger charge is 2.25. The van der Waals surface area contributed by atoms with Gasteiger partial charge in [-0.3, -0.25) is 0 Å². The lowest BCUT2D eigenvalue weighted by Crippen LogP contribution is -2.37. The van der Waals surface area contributed by atoms with Crippen LogP contribution in [0.15, 0.2) is 24.3 Å². The highest BCUT2D eigenvalue weighted by molar-refractivity contribution is 5.37. The fraction of sp³-hybridized carbons (Fsp3) is 0.333. The first kappa shape index (κ1) is 7.58. The Kier molecular flexibility index (Phi) is 1.75. The first-order valence-corrected chi connectivity index (χ1v) is 3.94. The number of nitrogens with two attached hydrogens (primary N) is 1. The molecule has 0 aromatic heterocycles. The third-order valence-corrected chi connectivity index (χ3v) is 2.07. The van der Waals surface area contributed by atoms with Gasteiger partial charge in [-0.25, -0.2) is 0 Å². The molecule has 0 spiro atoms. The molecule has 0 unspecified atom stereocenters. The summed E-state index contributed by atoms with van der Waals surface area (Å²) in [6, 6.07) is 7.11. The predicted octanol–water partition coefficient (Wildman–Crippen LogP) is 0.440. The van der Waals surface area contributed by atoms with Crippen LogP contribution in [-0.2, 0) is 0 Å². The van der Waals surface area contributed by atoms with E-state index in [0.717, 1.165) is 11.3 Å². The number of aliphatic hydroxyl groups is 1. The molecule has 64 valence electrons. The minimum Gasteiger partial charge on any atom is -0.491 e. The van der Waals surface area contributed by atoms with Crippen molar-refractivity contribution in [2.24, 2.45) is 5.73 Å². The maximum atomic E-state index is 9.62. The molecule has 1 aromatic rings. The Balaban J connectivity index is 2.42. The SMILES string of the molecule is N[C@@H]1COc2ccccc2[C@@H]1O. The Morgan fingerprint density at radius 1 is 1.42 bits per heavy atom. The lowest BCUT2D eigenvalue weighted by Gasteiger charge is -2.27. The summed E-state index contributed by atoms with van der Waals surface area (Å²) in [6.45, 7) is 0.387. The van der Waals surface area contributed by atoms with E-state index < -0.39 is 6.10 Å². The molecule has 0 radical (unpaired) electrons. The molecule has 1 heterocycles. The average Bonchev–Trinajstić information content (AvgIpc) is 2.12. The van der Waals surface area contributed by atoms with Crippen molar-refractivity contribution in [1.29, 1.82) is 0 Å². The van der Waals surface area contributed by atoms with Crippen LogP contribution < -0.4 is 10.5 Å². The standard InChI is InChI=1S/C9H11NO2/c10-7-5-12-8-4-2-1-3-6(8)9(7)11/h1-4,7,9,11H,5,10H2/t7-,9+/m1/s1. The van der Waals surface area contributed by atoms with Crippen molar-refractivity contribution in [2.45, 2.75) is 12.1 Å². The quantitative estimate of drug-likeness (QED) is 0.586. The Morgan fingerprint density at radius 3 is 3.00 bits per heavy atom. The second-order valence-electron chi connectivity index (χ2n) is 2.96. The maximum Gasteiger partial charge on any atom is 0.125 e. The van der Waals surface area contributed by atoms with E-state index >= 15 is 0 Å². The van der Waals surface area contributed by atoms with Crippen molar-refractivity contribution >= 4 is 0 Å². The van der Waals surface area contributed by atoms with E-state index in [2.05, 4.69) is 0 Å². The molecular formula is C9H11NO2. The molecule has 1 aliphatic rings. The number of hydrogen-bond donors (Lipinski definition) is 2. The first-order chi connectivity index (χ1) is 5.79. The second-order valence-corrected chi connectivity index (χ2v) is 2.96. The van der Waals surface area contributed by atoms with Gasteiger partial charge >= 0.3 is 0 Å². The average molecular weight is 165 g/mol. The normalized spacial score (nSPS) is 27.5. The summed E-state index contributed by atoms with van der Waals surface area (Å²) in [5, 5.41) is 9.62. The number of rotatable bonds is 0. The number of ether oxygens (including phenoxy) is 1. The monoisotopic (exact) mass is 165 g/mol. The van der Waals surface area contributed by atoms with Gasteiger partial charge in [-0.15, -0.1) is 0 Å². The molecule has 2 rings (SSSR count). The molecule has 2 atom stereocenters. The molecule has 3 N–H and O–H groups in total. The fourth-order valence-corrected chi connectivity index (χ4v) is 1.36. The van der Waals surface area contributed by atoms with E-state index in [1.165, 1.54) is 0 Å². The highest BCUT2D eigenvalue weighted by Crippen LogP contribution is 2.30. The summed E-state index contributed by atoms with van der Waals surface area (Å²) in [5.41, 5.74) is 6.41. The molecule has 1 aliphatic heterocycles. The van der Waals surface area contributed by atoms with Gasteiger partial charge in [0.25, 0.3) is 0 Å². The number of fused-ring (bicyclic) bond motifs is 1. The van der Waals surface area contributed by atoms with E-state index in [4.69, 9.17) is 10.5 Å². The minimum absolute atomic E-state index is 0.306. The number of para-hydroxylation sites is 1. The molecule has 1 aromatic carbocycles. The number of aliphatic hydroxyl groups excluding tert-OH is 1. The molecule has 0 bridgehead atoms. The smallest absolute Gasteiger partial charge is 0.125 e. The molecule has 0 saturated carbocycles. The van der Waals surface area contributed by atoms with Crippen molar-refractivity contribution in [2.75, 3.05) is 6.61 Å². The van der Waals surface area contributed by atoms with Gasteiger partial charge in [0, 0.05) is 5.56 Å². The molecule has 3 heteroatoms. The van der Waals surface area contributed by atoms with Crippen molar-refractivity contribution in [3.8, 4) is 5.75 Å². The molecule has 0 fully saturated rings. The van der Waals surface area contributed by atoms with Crippen LogP contribution in [0.4, 0.5) is 0 Å². The summed E-state index contributed by atoms with van der Waals surface area (Å²) in [7, 11) is 0. The molecule has 0 amide bonds. The zero-order chi connectivity index (χ0) is 8.55. The van der Waals surface area contributed by atoms with E-state index in [9.17, 15) is 5.11 Å². The zero-order valence-electron chi connectivity index (χ0n) is 6.60. The highest BCUT2D eigenvalue weighted by atomic mass is 16.5. The van der Waals surface area contributed by atoms with E-state index in [1.807, 2.05) is 24.3 Å². The Labute approximate surface area is 70.8 Å². The molecular weight excluding hydrogens is 154 g/mol. The van der Waals surface area contributed by atoms with E-state index in [0.29, 0.717) is 6.61 Å². The summed E-state index contributed by atoms with van der Waals surface area (Å²) in [5.74, 6) is 0.742. The summed E-state index contributed by atoms with van der Waals surface area (Å²) in [6.07, 6.45) is -0.588. The van der Waals surface area contributed by atoms with Crippen LogP contribution >= 0.6 is 0 Å². The van der Waals surface area contributed by atoms with Gasteiger partial charge in [-0.2, -0.15) is 0 Å².